The Morgan fingerprint density at radius 2 is 2.00 bits per heavy atom. The average molecular weight is 427 g/mol. The largest absolute Gasteiger partial charge is 0.497 e. The van der Waals surface area contributed by atoms with Gasteiger partial charge in [0.15, 0.2) is 0 Å². The fourth-order valence-electron chi connectivity index (χ4n) is 3.50. The summed E-state index contributed by atoms with van der Waals surface area (Å²) >= 11 is 5.91. The van der Waals surface area contributed by atoms with Gasteiger partial charge >= 0.3 is 6.01 Å². The highest BCUT2D eigenvalue weighted by atomic mass is 35.5. The van der Waals surface area contributed by atoms with Crippen LogP contribution in [0.15, 0.2) is 53.1 Å². The van der Waals surface area contributed by atoms with Crippen molar-refractivity contribution in [2.75, 3.05) is 25.1 Å². The highest BCUT2D eigenvalue weighted by molar-refractivity contribution is 6.30. The van der Waals surface area contributed by atoms with Crippen LogP contribution in [0.2, 0.25) is 5.02 Å². The monoisotopic (exact) mass is 426 g/mol. The van der Waals surface area contributed by atoms with Gasteiger partial charge in [-0.05, 0) is 54.8 Å². The van der Waals surface area contributed by atoms with Crippen LogP contribution in [0.1, 0.15) is 18.4 Å². The van der Waals surface area contributed by atoms with Crippen molar-refractivity contribution in [1.82, 2.24) is 15.5 Å². The number of amides is 1. The highest BCUT2D eigenvalue weighted by Crippen LogP contribution is 2.26. The van der Waals surface area contributed by atoms with Gasteiger partial charge in [-0.1, -0.05) is 28.9 Å². The Balaban J connectivity index is 1.37. The van der Waals surface area contributed by atoms with E-state index < -0.39 is 0 Å². The molecule has 7 nitrogen and oxygen atoms in total. The van der Waals surface area contributed by atoms with E-state index in [1.165, 1.54) is 0 Å². The van der Waals surface area contributed by atoms with Crippen molar-refractivity contribution in [2.45, 2.75) is 19.4 Å². The minimum absolute atomic E-state index is 0.0320. The fraction of sp³-hybridized carbons (Fsp3) is 0.318. The molecule has 0 spiro atoms. The maximum Gasteiger partial charge on any atom is 0.324 e. The summed E-state index contributed by atoms with van der Waals surface area (Å²) < 4.78 is 10.6. The number of anilines is 1. The van der Waals surface area contributed by atoms with Crippen LogP contribution in [-0.2, 0) is 11.3 Å². The van der Waals surface area contributed by atoms with Gasteiger partial charge in [0.1, 0.15) is 5.75 Å². The van der Waals surface area contributed by atoms with E-state index in [4.69, 9.17) is 20.9 Å². The highest BCUT2D eigenvalue weighted by Gasteiger charge is 2.28. The van der Waals surface area contributed by atoms with E-state index in [9.17, 15) is 4.79 Å². The minimum Gasteiger partial charge on any atom is -0.497 e. The first-order valence-electron chi connectivity index (χ1n) is 9.87. The lowest BCUT2D eigenvalue weighted by Gasteiger charge is -2.30. The Labute approximate surface area is 180 Å². The van der Waals surface area contributed by atoms with Gasteiger partial charge in [-0.3, -0.25) is 4.79 Å². The summed E-state index contributed by atoms with van der Waals surface area (Å²) in [6, 6.07) is 15.4. The molecule has 1 N–H and O–H groups in total. The summed E-state index contributed by atoms with van der Waals surface area (Å²) in [5.74, 6) is 1.19. The summed E-state index contributed by atoms with van der Waals surface area (Å²) in [5, 5.41) is 7.79. The van der Waals surface area contributed by atoms with Crippen LogP contribution >= 0.6 is 11.6 Å². The number of carbonyl (C=O) groups excluding carboxylic acids is 1. The lowest BCUT2D eigenvalue weighted by molar-refractivity contribution is -0.125. The van der Waals surface area contributed by atoms with E-state index in [1.807, 2.05) is 53.4 Å². The predicted octanol–water partition coefficient (Wildman–Crippen LogP) is 3.93. The topological polar surface area (TPSA) is 80.5 Å². The van der Waals surface area contributed by atoms with E-state index in [-0.39, 0.29) is 11.8 Å². The van der Waals surface area contributed by atoms with Crippen LogP contribution in [0, 0.1) is 5.92 Å². The second-order valence-electron chi connectivity index (χ2n) is 7.26. The van der Waals surface area contributed by atoms with Gasteiger partial charge < -0.3 is 19.5 Å². The van der Waals surface area contributed by atoms with Gasteiger partial charge in [0.05, 0.1) is 13.0 Å². The number of carbonyl (C=O) groups is 1. The van der Waals surface area contributed by atoms with E-state index in [0.29, 0.717) is 30.0 Å². The van der Waals surface area contributed by atoms with E-state index in [1.54, 1.807) is 7.11 Å². The molecule has 1 aromatic heterocycles. The molecule has 0 bridgehead atoms. The smallest absolute Gasteiger partial charge is 0.324 e. The molecule has 8 heteroatoms. The van der Waals surface area contributed by atoms with E-state index in [2.05, 4.69) is 15.5 Å². The number of rotatable bonds is 6. The molecule has 2 aromatic carbocycles. The molecule has 1 aliphatic rings. The number of hydrogen-bond acceptors (Lipinski definition) is 6. The normalized spacial score (nSPS) is 16.3. The molecule has 4 rings (SSSR count). The fourth-order valence-corrected chi connectivity index (χ4v) is 3.63. The van der Waals surface area contributed by atoms with Crippen molar-refractivity contribution in [3.8, 4) is 17.1 Å². The molecule has 0 aliphatic carbocycles. The van der Waals surface area contributed by atoms with Crippen LogP contribution in [0.5, 0.6) is 5.75 Å². The zero-order valence-corrected chi connectivity index (χ0v) is 17.4. The van der Waals surface area contributed by atoms with Crippen LogP contribution in [0.4, 0.5) is 6.01 Å². The number of ether oxygens (including phenoxy) is 1. The van der Waals surface area contributed by atoms with Crippen molar-refractivity contribution >= 4 is 23.5 Å². The van der Waals surface area contributed by atoms with Gasteiger partial charge in [-0.15, -0.1) is 0 Å². The molecule has 1 aliphatic heterocycles. The molecule has 3 aromatic rings. The minimum atomic E-state index is -0.123. The molecule has 0 radical (unpaired) electrons. The van der Waals surface area contributed by atoms with E-state index >= 15 is 0 Å². The molecule has 30 heavy (non-hydrogen) atoms. The van der Waals surface area contributed by atoms with Crippen molar-refractivity contribution in [1.29, 1.82) is 0 Å². The molecule has 1 fully saturated rings. The summed E-state index contributed by atoms with van der Waals surface area (Å²) in [5.41, 5.74) is 1.86. The van der Waals surface area contributed by atoms with Crippen LogP contribution in [0.25, 0.3) is 11.4 Å². The lowest BCUT2D eigenvalue weighted by atomic mass is 9.97. The summed E-state index contributed by atoms with van der Waals surface area (Å²) in [7, 11) is 1.62. The first kappa shape index (κ1) is 20.2. The first-order chi connectivity index (χ1) is 14.6. The van der Waals surface area contributed by atoms with Gasteiger partial charge in [-0.25, -0.2) is 0 Å². The standard InChI is InChI=1S/C22H23ClN4O3/c1-29-19-10-6-16(7-11-19)20-25-22(30-26-20)27-12-2-3-17(14-27)21(28)24-13-15-4-8-18(23)9-5-15/h4-11,17H,2-3,12-14H2,1H3,(H,24,28)/t17-/m0/s1. The number of halogens is 1. The number of benzene rings is 2. The average Bonchev–Trinajstić information content (AvgIpc) is 3.29. The van der Waals surface area contributed by atoms with Crippen LogP contribution in [-0.4, -0.2) is 36.2 Å². The maximum atomic E-state index is 12.7. The third kappa shape index (κ3) is 4.74. The molecular weight excluding hydrogens is 404 g/mol. The van der Waals surface area contributed by atoms with Crippen LogP contribution in [0.3, 0.4) is 0 Å². The molecule has 0 saturated carbocycles. The first-order valence-corrected chi connectivity index (χ1v) is 10.3. The number of aromatic nitrogens is 2. The zero-order valence-electron chi connectivity index (χ0n) is 16.7. The quantitative estimate of drug-likeness (QED) is 0.643. The predicted molar refractivity (Wildman–Crippen MR) is 115 cm³/mol. The van der Waals surface area contributed by atoms with Crippen molar-refractivity contribution in [3.05, 3.63) is 59.1 Å². The van der Waals surface area contributed by atoms with Gasteiger partial charge in [-0.2, -0.15) is 4.98 Å². The molecule has 2 heterocycles. The third-order valence-electron chi connectivity index (χ3n) is 5.21. The van der Waals surface area contributed by atoms with Crippen molar-refractivity contribution in [3.63, 3.8) is 0 Å². The lowest BCUT2D eigenvalue weighted by Crippen LogP contribution is -2.43. The zero-order chi connectivity index (χ0) is 20.9. The molecule has 1 atom stereocenters. The van der Waals surface area contributed by atoms with Gasteiger partial charge in [0.25, 0.3) is 0 Å². The maximum absolute atomic E-state index is 12.7. The molecule has 1 saturated heterocycles. The van der Waals surface area contributed by atoms with Gasteiger partial charge in [0.2, 0.25) is 11.7 Å². The number of nitrogens with one attached hydrogen (secondary N) is 1. The summed E-state index contributed by atoms with van der Waals surface area (Å²) in [4.78, 5) is 19.2. The Kier molecular flexibility index (Phi) is 6.18. The Hall–Kier alpha value is -3.06. The number of hydrogen-bond donors (Lipinski definition) is 1. The van der Waals surface area contributed by atoms with Gasteiger partial charge in [0, 0.05) is 30.2 Å². The molecule has 156 valence electrons. The van der Waals surface area contributed by atoms with Crippen molar-refractivity contribution in [2.24, 2.45) is 5.92 Å². The Morgan fingerprint density at radius 3 is 2.73 bits per heavy atom. The number of piperidine rings is 1. The summed E-state index contributed by atoms with van der Waals surface area (Å²) in [6.07, 6.45) is 1.72. The van der Waals surface area contributed by atoms with Crippen molar-refractivity contribution < 1.29 is 14.1 Å². The number of nitrogens with zero attached hydrogens (tertiary/aromatic N) is 3. The molecule has 1 amide bonds. The summed E-state index contributed by atoms with van der Waals surface area (Å²) in [6.45, 7) is 1.82. The SMILES string of the molecule is COc1ccc(-c2noc(N3CCC[C@H](C(=O)NCc4ccc(Cl)cc4)C3)n2)cc1. The Morgan fingerprint density at radius 1 is 1.23 bits per heavy atom. The van der Waals surface area contributed by atoms with E-state index in [0.717, 1.165) is 36.3 Å². The molecular formula is C22H23ClN4O3. The Bertz CT molecular complexity index is 988. The van der Waals surface area contributed by atoms with Crippen LogP contribution < -0.4 is 15.0 Å². The molecule has 0 unspecified atom stereocenters. The second kappa shape index (κ2) is 9.17. The second-order valence-corrected chi connectivity index (χ2v) is 7.69. The third-order valence-corrected chi connectivity index (χ3v) is 5.46. The number of methoxy groups -OCH3 is 1.